The summed E-state index contributed by atoms with van der Waals surface area (Å²) in [5.74, 6) is -0.412. The summed E-state index contributed by atoms with van der Waals surface area (Å²) in [5.41, 5.74) is 0.744. The molecule has 1 N–H and O–H groups in total. The van der Waals surface area contributed by atoms with E-state index in [4.69, 9.17) is 4.74 Å². The SMILES string of the molecule is CCCCCCCCCCCCC(SC)C1=CC(=O)OC1O. The van der Waals surface area contributed by atoms with Gasteiger partial charge in [0.05, 0.1) is 0 Å². The van der Waals surface area contributed by atoms with Crippen LogP contribution >= 0.6 is 11.8 Å². The Labute approximate surface area is 139 Å². The minimum Gasteiger partial charge on any atom is -0.429 e. The molecule has 0 radical (unpaired) electrons. The van der Waals surface area contributed by atoms with Crippen LogP contribution in [0.5, 0.6) is 0 Å². The van der Waals surface area contributed by atoms with E-state index >= 15 is 0 Å². The molecule has 2 atom stereocenters. The van der Waals surface area contributed by atoms with E-state index in [1.807, 2.05) is 6.26 Å². The number of ether oxygens (including phenoxy) is 1. The van der Waals surface area contributed by atoms with Crippen molar-refractivity contribution < 1.29 is 14.6 Å². The van der Waals surface area contributed by atoms with Gasteiger partial charge in [-0.25, -0.2) is 4.79 Å². The lowest BCUT2D eigenvalue weighted by Crippen LogP contribution is -2.18. The molecule has 0 amide bonds. The van der Waals surface area contributed by atoms with E-state index in [1.54, 1.807) is 11.8 Å². The summed E-state index contributed by atoms with van der Waals surface area (Å²) in [6, 6.07) is 0. The zero-order valence-corrected chi connectivity index (χ0v) is 15.0. The second-order valence-electron chi connectivity index (χ2n) is 6.13. The zero-order chi connectivity index (χ0) is 16.2. The molecule has 0 spiro atoms. The third kappa shape index (κ3) is 7.68. The standard InChI is InChI=1S/C18H32O3S/c1-3-4-5-6-7-8-9-10-11-12-13-16(22-2)15-14-17(19)21-18(15)20/h14,16,18,20H,3-13H2,1-2H3. The van der Waals surface area contributed by atoms with Crippen molar-refractivity contribution in [3.8, 4) is 0 Å². The van der Waals surface area contributed by atoms with Gasteiger partial charge in [-0.05, 0) is 12.7 Å². The lowest BCUT2D eigenvalue weighted by molar-refractivity contribution is -0.151. The summed E-state index contributed by atoms with van der Waals surface area (Å²) < 4.78 is 4.77. The Morgan fingerprint density at radius 1 is 1.09 bits per heavy atom. The fourth-order valence-electron chi connectivity index (χ4n) is 2.91. The van der Waals surface area contributed by atoms with Crippen molar-refractivity contribution in [3.63, 3.8) is 0 Å². The molecule has 3 nitrogen and oxygen atoms in total. The van der Waals surface area contributed by atoms with Gasteiger partial charge >= 0.3 is 5.97 Å². The van der Waals surface area contributed by atoms with Crippen LogP contribution in [0.15, 0.2) is 11.6 Å². The molecule has 22 heavy (non-hydrogen) atoms. The molecule has 4 heteroatoms. The second-order valence-corrected chi connectivity index (χ2v) is 7.17. The Hall–Kier alpha value is -0.480. The molecule has 1 heterocycles. The molecule has 0 saturated carbocycles. The molecule has 0 saturated heterocycles. The number of esters is 1. The molecule has 1 aliphatic heterocycles. The van der Waals surface area contributed by atoms with Gasteiger partial charge in [-0.2, -0.15) is 11.8 Å². The van der Waals surface area contributed by atoms with Crippen LogP contribution in [0, 0.1) is 0 Å². The van der Waals surface area contributed by atoms with Gasteiger partial charge in [0, 0.05) is 16.9 Å². The van der Waals surface area contributed by atoms with Gasteiger partial charge in [-0.1, -0.05) is 71.1 Å². The van der Waals surface area contributed by atoms with Crippen LogP contribution in [0.1, 0.15) is 77.6 Å². The highest BCUT2D eigenvalue weighted by atomic mass is 32.2. The third-order valence-electron chi connectivity index (χ3n) is 4.27. The van der Waals surface area contributed by atoms with E-state index in [9.17, 15) is 9.90 Å². The lowest BCUT2D eigenvalue weighted by atomic mass is 10.0. The first-order valence-electron chi connectivity index (χ1n) is 8.82. The predicted molar refractivity (Wildman–Crippen MR) is 93.9 cm³/mol. The van der Waals surface area contributed by atoms with Crippen LogP contribution in [0.3, 0.4) is 0 Å². The maximum atomic E-state index is 11.2. The number of carbonyl (C=O) groups excluding carboxylic acids is 1. The van der Waals surface area contributed by atoms with E-state index in [-0.39, 0.29) is 5.25 Å². The van der Waals surface area contributed by atoms with E-state index < -0.39 is 12.3 Å². The van der Waals surface area contributed by atoms with Crippen LogP contribution in [0.4, 0.5) is 0 Å². The smallest absolute Gasteiger partial charge is 0.333 e. The van der Waals surface area contributed by atoms with Crippen LogP contribution in [-0.4, -0.2) is 28.9 Å². The number of aliphatic hydroxyl groups excluding tert-OH is 1. The Balaban J connectivity index is 2.03. The quantitative estimate of drug-likeness (QED) is 0.388. The third-order valence-corrected chi connectivity index (χ3v) is 5.35. The summed E-state index contributed by atoms with van der Waals surface area (Å²) in [6.45, 7) is 2.25. The van der Waals surface area contributed by atoms with Crippen LogP contribution < -0.4 is 0 Å². The molecule has 0 aromatic heterocycles. The molecule has 0 fully saturated rings. The Kier molecular flexibility index (Phi) is 10.7. The van der Waals surface area contributed by atoms with Gasteiger partial charge in [0.15, 0.2) is 0 Å². The molecule has 0 aliphatic carbocycles. The Bertz CT molecular complexity index is 341. The first-order chi connectivity index (χ1) is 10.7. The highest BCUT2D eigenvalue weighted by Crippen LogP contribution is 2.29. The number of cyclic esters (lactones) is 1. The monoisotopic (exact) mass is 328 g/mol. The van der Waals surface area contributed by atoms with E-state index in [0.29, 0.717) is 0 Å². The number of hydrogen-bond donors (Lipinski definition) is 1. The van der Waals surface area contributed by atoms with Gasteiger partial charge < -0.3 is 9.84 Å². The van der Waals surface area contributed by atoms with Crippen LogP contribution in [0.25, 0.3) is 0 Å². The fourth-order valence-corrected chi connectivity index (χ4v) is 3.77. The van der Waals surface area contributed by atoms with Crippen LogP contribution in [0.2, 0.25) is 0 Å². The van der Waals surface area contributed by atoms with Gasteiger partial charge in [0.25, 0.3) is 0 Å². The summed E-state index contributed by atoms with van der Waals surface area (Å²) >= 11 is 1.69. The lowest BCUT2D eigenvalue weighted by Gasteiger charge is -2.17. The average Bonchev–Trinajstić information content (AvgIpc) is 2.83. The molecular formula is C18H32O3S. The van der Waals surface area contributed by atoms with Gasteiger partial charge in [-0.3, -0.25) is 0 Å². The number of thioether (sulfide) groups is 1. The van der Waals surface area contributed by atoms with E-state index in [1.165, 1.54) is 63.9 Å². The number of carbonyl (C=O) groups is 1. The highest BCUT2D eigenvalue weighted by molar-refractivity contribution is 7.99. The molecule has 128 valence electrons. The molecular weight excluding hydrogens is 296 g/mol. The number of rotatable bonds is 13. The second kappa shape index (κ2) is 12.0. The van der Waals surface area contributed by atoms with Crippen molar-refractivity contribution in [3.05, 3.63) is 11.6 Å². The normalized spacial score (nSPS) is 19.1. The zero-order valence-electron chi connectivity index (χ0n) is 14.2. The molecule has 1 rings (SSSR count). The van der Waals surface area contributed by atoms with Crippen molar-refractivity contribution >= 4 is 17.7 Å². The number of aliphatic hydroxyl groups is 1. The fraction of sp³-hybridized carbons (Fsp3) is 0.833. The van der Waals surface area contributed by atoms with Crippen molar-refractivity contribution in [1.82, 2.24) is 0 Å². The minimum atomic E-state index is -1.02. The maximum absolute atomic E-state index is 11.2. The summed E-state index contributed by atoms with van der Waals surface area (Å²) in [5, 5.41) is 9.90. The van der Waals surface area contributed by atoms with E-state index in [2.05, 4.69) is 6.92 Å². The largest absolute Gasteiger partial charge is 0.429 e. The average molecular weight is 329 g/mol. The molecule has 0 aromatic carbocycles. The maximum Gasteiger partial charge on any atom is 0.333 e. The topological polar surface area (TPSA) is 46.5 Å². The summed E-state index contributed by atoms with van der Waals surface area (Å²) in [6.07, 6.45) is 16.7. The summed E-state index contributed by atoms with van der Waals surface area (Å²) in [7, 11) is 0. The summed E-state index contributed by atoms with van der Waals surface area (Å²) in [4.78, 5) is 11.2. The van der Waals surface area contributed by atoms with Crippen LogP contribution in [-0.2, 0) is 9.53 Å². The van der Waals surface area contributed by atoms with Gasteiger partial charge in [0.2, 0.25) is 6.29 Å². The molecule has 0 bridgehead atoms. The van der Waals surface area contributed by atoms with Gasteiger partial charge in [-0.15, -0.1) is 0 Å². The minimum absolute atomic E-state index is 0.204. The number of unbranched alkanes of at least 4 members (excludes halogenated alkanes) is 9. The molecule has 0 aromatic rings. The first kappa shape index (κ1) is 19.6. The first-order valence-corrected chi connectivity index (χ1v) is 10.1. The number of hydrogen-bond acceptors (Lipinski definition) is 4. The van der Waals surface area contributed by atoms with Crippen molar-refractivity contribution in [1.29, 1.82) is 0 Å². The van der Waals surface area contributed by atoms with E-state index in [0.717, 1.165) is 18.4 Å². The Morgan fingerprint density at radius 2 is 1.64 bits per heavy atom. The van der Waals surface area contributed by atoms with Crippen molar-refractivity contribution in [2.45, 2.75) is 89.1 Å². The Morgan fingerprint density at radius 3 is 2.09 bits per heavy atom. The van der Waals surface area contributed by atoms with Crippen molar-refractivity contribution in [2.75, 3.05) is 6.26 Å². The molecule has 1 aliphatic rings. The predicted octanol–water partition coefficient (Wildman–Crippen LogP) is 4.83. The van der Waals surface area contributed by atoms with Crippen molar-refractivity contribution in [2.24, 2.45) is 0 Å². The van der Waals surface area contributed by atoms with Gasteiger partial charge in [0.1, 0.15) is 0 Å². The highest BCUT2D eigenvalue weighted by Gasteiger charge is 2.29. The molecule has 2 unspecified atom stereocenters.